The smallest absolute Gasteiger partial charge is 0.336 e. The molecule has 0 bridgehead atoms. The van der Waals surface area contributed by atoms with Gasteiger partial charge in [-0.25, -0.2) is 4.79 Å². The first-order valence-electron chi connectivity index (χ1n) is 9.67. The second-order valence-corrected chi connectivity index (χ2v) is 6.79. The quantitative estimate of drug-likeness (QED) is 0.641. The topological polar surface area (TPSA) is 48.0 Å². The van der Waals surface area contributed by atoms with Crippen LogP contribution < -0.4 is 9.47 Å². The van der Waals surface area contributed by atoms with Crippen molar-refractivity contribution >= 4 is 5.97 Å². The van der Waals surface area contributed by atoms with Gasteiger partial charge in [0.25, 0.3) is 0 Å². The molecule has 0 N–H and O–H groups in total. The Morgan fingerprint density at radius 3 is 2.10 bits per heavy atom. The minimum atomic E-state index is -0.283. The molecule has 5 nitrogen and oxygen atoms in total. The third-order valence-corrected chi connectivity index (χ3v) is 5.07. The summed E-state index contributed by atoms with van der Waals surface area (Å²) in [5.41, 5.74) is 3.70. The van der Waals surface area contributed by atoms with Crippen molar-refractivity contribution < 1.29 is 19.0 Å². The lowest BCUT2D eigenvalue weighted by atomic mass is 9.87. The first-order chi connectivity index (χ1) is 14.1. The zero-order chi connectivity index (χ0) is 20.8. The van der Waals surface area contributed by atoms with Crippen LogP contribution in [0.3, 0.4) is 0 Å². The van der Waals surface area contributed by atoms with Gasteiger partial charge in [0, 0.05) is 24.4 Å². The van der Waals surface area contributed by atoms with Crippen LogP contribution in [0.1, 0.15) is 30.9 Å². The standard InChI is InChI=1S/C24H27NO4/c1-5-29-24(26)23-17(2)25(16-18-6-10-20(27-3)11-7-18)15-14-22(23)19-8-12-21(28-4)13-9-19/h6-15,22H,5,16H2,1-4H3. The lowest BCUT2D eigenvalue weighted by Gasteiger charge is -2.31. The van der Waals surface area contributed by atoms with Crippen molar-refractivity contribution in [3.05, 3.63) is 83.2 Å². The largest absolute Gasteiger partial charge is 0.497 e. The van der Waals surface area contributed by atoms with Gasteiger partial charge in [-0.15, -0.1) is 0 Å². The molecule has 0 radical (unpaired) electrons. The lowest BCUT2D eigenvalue weighted by molar-refractivity contribution is -0.138. The van der Waals surface area contributed by atoms with Crippen LogP contribution in [-0.4, -0.2) is 31.7 Å². The predicted octanol–water partition coefficient (Wildman–Crippen LogP) is 4.65. The molecular weight excluding hydrogens is 366 g/mol. The van der Waals surface area contributed by atoms with Gasteiger partial charge < -0.3 is 19.1 Å². The highest BCUT2D eigenvalue weighted by Crippen LogP contribution is 2.35. The molecule has 0 aliphatic carbocycles. The molecule has 1 heterocycles. The zero-order valence-corrected chi connectivity index (χ0v) is 17.3. The van der Waals surface area contributed by atoms with E-state index in [1.165, 1.54) is 0 Å². The summed E-state index contributed by atoms with van der Waals surface area (Å²) in [6, 6.07) is 15.7. The third-order valence-electron chi connectivity index (χ3n) is 5.07. The highest BCUT2D eigenvalue weighted by molar-refractivity contribution is 5.92. The van der Waals surface area contributed by atoms with Crippen LogP contribution in [-0.2, 0) is 16.1 Å². The summed E-state index contributed by atoms with van der Waals surface area (Å²) in [5, 5.41) is 0. The number of carbonyl (C=O) groups excluding carboxylic acids is 1. The van der Waals surface area contributed by atoms with E-state index in [0.29, 0.717) is 18.7 Å². The van der Waals surface area contributed by atoms with Crippen LogP contribution in [0.15, 0.2) is 72.1 Å². The van der Waals surface area contributed by atoms with Gasteiger partial charge in [0.2, 0.25) is 0 Å². The number of allylic oxidation sites excluding steroid dienone is 2. The number of carbonyl (C=O) groups is 1. The molecule has 0 aromatic heterocycles. The van der Waals surface area contributed by atoms with Crippen molar-refractivity contribution in [3.8, 4) is 11.5 Å². The minimum Gasteiger partial charge on any atom is -0.497 e. The summed E-state index contributed by atoms with van der Waals surface area (Å²) in [5.74, 6) is 1.16. The maximum Gasteiger partial charge on any atom is 0.336 e. The third kappa shape index (κ3) is 4.62. The van der Waals surface area contributed by atoms with Gasteiger partial charge in [-0.2, -0.15) is 0 Å². The van der Waals surface area contributed by atoms with Crippen LogP contribution in [0.4, 0.5) is 0 Å². The second kappa shape index (κ2) is 9.32. The molecule has 1 aliphatic rings. The number of benzene rings is 2. The number of methoxy groups -OCH3 is 2. The summed E-state index contributed by atoms with van der Waals surface area (Å²) in [6.45, 7) is 4.79. The van der Waals surface area contributed by atoms with Gasteiger partial charge in [0.15, 0.2) is 0 Å². The van der Waals surface area contributed by atoms with E-state index in [-0.39, 0.29) is 11.9 Å². The summed E-state index contributed by atoms with van der Waals surface area (Å²) in [4.78, 5) is 14.9. The Labute approximate surface area is 172 Å². The Morgan fingerprint density at radius 2 is 1.55 bits per heavy atom. The van der Waals surface area contributed by atoms with E-state index in [1.807, 2.05) is 74.7 Å². The highest BCUT2D eigenvalue weighted by atomic mass is 16.5. The molecule has 1 aliphatic heterocycles. The fourth-order valence-electron chi connectivity index (χ4n) is 3.45. The van der Waals surface area contributed by atoms with E-state index in [0.717, 1.165) is 28.3 Å². The fraction of sp³-hybridized carbons (Fsp3) is 0.292. The van der Waals surface area contributed by atoms with Crippen molar-refractivity contribution in [2.75, 3.05) is 20.8 Å². The van der Waals surface area contributed by atoms with Gasteiger partial charge in [0.05, 0.1) is 26.4 Å². The molecule has 29 heavy (non-hydrogen) atoms. The molecule has 0 saturated carbocycles. The summed E-state index contributed by atoms with van der Waals surface area (Å²) < 4.78 is 15.9. The van der Waals surface area contributed by atoms with Crippen LogP contribution in [0, 0.1) is 0 Å². The molecule has 0 fully saturated rings. The van der Waals surface area contributed by atoms with Gasteiger partial charge in [-0.05, 0) is 49.2 Å². The molecule has 3 rings (SSSR count). The maximum atomic E-state index is 12.8. The van der Waals surface area contributed by atoms with Crippen LogP contribution in [0.5, 0.6) is 11.5 Å². The number of hydrogen-bond donors (Lipinski definition) is 0. The average molecular weight is 393 g/mol. The van der Waals surface area contributed by atoms with E-state index in [4.69, 9.17) is 14.2 Å². The zero-order valence-electron chi connectivity index (χ0n) is 17.3. The van der Waals surface area contributed by atoms with E-state index in [9.17, 15) is 4.79 Å². The molecule has 1 atom stereocenters. The molecule has 5 heteroatoms. The number of esters is 1. The molecule has 2 aromatic rings. The van der Waals surface area contributed by atoms with E-state index < -0.39 is 0 Å². The van der Waals surface area contributed by atoms with Gasteiger partial charge in [0.1, 0.15) is 11.5 Å². The molecule has 0 saturated heterocycles. The van der Waals surface area contributed by atoms with Crippen LogP contribution in [0.25, 0.3) is 0 Å². The number of rotatable bonds is 7. The Morgan fingerprint density at radius 1 is 0.966 bits per heavy atom. The van der Waals surface area contributed by atoms with Crippen molar-refractivity contribution in [2.24, 2.45) is 0 Å². The van der Waals surface area contributed by atoms with Gasteiger partial charge in [-0.1, -0.05) is 30.3 Å². The summed E-state index contributed by atoms with van der Waals surface area (Å²) >= 11 is 0. The number of nitrogens with zero attached hydrogens (tertiary/aromatic N) is 1. The Balaban J connectivity index is 1.91. The lowest BCUT2D eigenvalue weighted by Crippen LogP contribution is -2.26. The Hall–Kier alpha value is -3.21. The molecule has 0 amide bonds. The minimum absolute atomic E-state index is 0.160. The molecule has 1 unspecified atom stereocenters. The van der Waals surface area contributed by atoms with Gasteiger partial charge in [-0.3, -0.25) is 0 Å². The summed E-state index contributed by atoms with van der Waals surface area (Å²) in [7, 11) is 3.29. The molecule has 2 aromatic carbocycles. The van der Waals surface area contributed by atoms with E-state index >= 15 is 0 Å². The predicted molar refractivity (Wildman–Crippen MR) is 113 cm³/mol. The fourth-order valence-corrected chi connectivity index (χ4v) is 3.45. The Bertz CT molecular complexity index is 897. The summed E-state index contributed by atoms with van der Waals surface area (Å²) in [6.07, 6.45) is 4.09. The monoisotopic (exact) mass is 393 g/mol. The maximum absolute atomic E-state index is 12.8. The average Bonchev–Trinajstić information content (AvgIpc) is 2.75. The number of hydrogen-bond acceptors (Lipinski definition) is 5. The van der Waals surface area contributed by atoms with E-state index in [1.54, 1.807) is 14.2 Å². The molecule has 152 valence electrons. The van der Waals surface area contributed by atoms with E-state index in [2.05, 4.69) is 4.90 Å². The van der Waals surface area contributed by atoms with Crippen molar-refractivity contribution in [2.45, 2.75) is 26.3 Å². The SMILES string of the molecule is CCOC(=O)C1=C(C)N(Cc2ccc(OC)cc2)C=CC1c1ccc(OC)cc1. The highest BCUT2D eigenvalue weighted by Gasteiger charge is 2.29. The van der Waals surface area contributed by atoms with Crippen molar-refractivity contribution in [3.63, 3.8) is 0 Å². The van der Waals surface area contributed by atoms with Crippen LogP contribution >= 0.6 is 0 Å². The first kappa shape index (κ1) is 20.5. The molecule has 0 spiro atoms. The van der Waals surface area contributed by atoms with Crippen molar-refractivity contribution in [1.82, 2.24) is 4.90 Å². The molecular formula is C24H27NO4. The second-order valence-electron chi connectivity index (χ2n) is 6.79. The van der Waals surface area contributed by atoms with Crippen LogP contribution in [0.2, 0.25) is 0 Å². The van der Waals surface area contributed by atoms with Crippen molar-refractivity contribution in [1.29, 1.82) is 0 Å². The first-order valence-corrected chi connectivity index (χ1v) is 9.67. The Kier molecular flexibility index (Phi) is 6.60. The normalized spacial score (nSPS) is 16.0. The van der Waals surface area contributed by atoms with Gasteiger partial charge >= 0.3 is 5.97 Å². The number of ether oxygens (including phenoxy) is 3.